The van der Waals surface area contributed by atoms with Crippen LogP contribution >= 0.6 is 0 Å². The highest BCUT2D eigenvalue weighted by molar-refractivity contribution is 5.45. The highest BCUT2D eigenvalue weighted by Crippen LogP contribution is 2.21. The van der Waals surface area contributed by atoms with Gasteiger partial charge < -0.3 is 14.8 Å². The number of anilines is 1. The lowest BCUT2D eigenvalue weighted by Crippen LogP contribution is -2.15. The third-order valence-corrected chi connectivity index (χ3v) is 1.98. The van der Waals surface area contributed by atoms with Crippen LogP contribution in [-0.4, -0.2) is 38.5 Å². The van der Waals surface area contributed by atoms with Gasteiger partial charge in [0.15, 0.2) is 0 Å². The summed E-state index contributed by atoms with van der Waals surface area (Å²) < 4.78 is 61.3. The number of nitrogens with zero attached hydrogens (tertiary/aromatic N) is 1. The minimum absolute atomic E-state index is 0.0134. The summed E-state index contributed by atoms with van der Waals surface area (Å²) in [5.74, 6) is -6.52. The van der Waals surface area contributed by atoms with Crippen LogP contribution in [0.25, 0.3) is 0 Å². The van der Waals surface area contributed by atoms with Crippen molar-refractivity contribution >= 4 is 5.69 Å². The van der Waals surface area contributed by atoms with Gasteiger partial charge in [0.25, 0.3) is 11.9 Å². The average Bonchev–Trinajstić information content (AvgIpc) is 2.35. The zero-order valence-corrected chi connectivity index (χ0v) is 9.60. The van der Waals surface area contributed by atoms with Crippen molar-refractivity contribution in [3.63, 3.8) is 0 Å². The summed E-state index contributed by atoms with van der Waals surface area (Å²) in [7, 11) is 1.49. The summed E-state index contributed by atoms with van der Waals surface area (Å²) in [6.45, 7) is 0.775. The van der Waals surface area contributed by atoms with Crippen molar-refractivity contribution in [2.45, 2.75) is 0 Å². The number of methoxy groups -OCH3 is 1. The highest BCUT2D eigenvalue weighted by Gasteiger charge is 2.20. The van der Waals surface area contributed by atoms with Crippen LogP contribution in [0.5, 0.6) is 0 Å². The van der Waals surface area contributed by atoms with Crippen molar-refractivity contribution in [1.29, 1.82) is 0 Å². The lowest BCUT2D eigenvalue weighted by molar-refractivity contribution is 0.0758. The Labute approximate surface area is 101 Å². The molecule has 0 aliphatic carbocycles. The van der Waals surface area contributed by atoms with Crippen LogP contribution in [0.15, 0.2) is 0 Å². The maximum atomic E-state index is 13.1. The number of hydrogen-bond donors (Lipinski definition) is 1. The molecule has 0 bridgehead atoms. The fourth-order valence-corrected chi connectivity index (χ4v) is 1.13. The summed E-state index contributed by atoms with van der Waals surface area (Å²) >= 11 is 0. The van der Waals surface area contributed by atoms with E-state index in [9.17, 15) is 17.6 Å². The van der Waals surface area contributed by atoms with Crippen molar-refractivity contribution in [2.75, 3.05) is 38.8 Å². The maximum Gasteiger partial charge on any atom is 0.253 e. The van der Waals surface area contributed by atoms with E-state index in [-0.39, 0.29) is 13.2 Å². The van der Waals surface area contributed by atoms with Gasteiger partial charge in [-0.2, -0.15) is 22.5 Å². The summed E-state index contributed by atoms with van der Waals surface area (Å²) in [6.07, 6.45) is 0. The standard InChI is InChI=1S/C10H12F4N2O2/c1-17-4-5-18-3-2-15-8-6(11)9(13)16-10(14)7(8)12/h2-5H2,1H3,(H,15,16). The van der Waals surface area contributed by atoms with Crippen LogP contribution in [0.1, 0.15) is 0 Å². The molecule has 0 radical (unpaired) electrons. The molecule has 1 N–H and O–H groups in total. The molecule has 102 valence electrons. The molecule has 4 nitrogen and oxygen atoms in total. The summed E-state index contributed by atoms with van der Waals surface area (Å²) in [6, 6.07) is 0. The largest absolute Gasteiger partial charge is 0.382 e. The second-order valence-electron chi connectivity index (χ2n) is 3.23. The van der Waals surface area contributed by atoms with Gasteiger partial charge in [0, 0.05) is 13.7 Å². The normalized spacial score (nSPS) is 10.7. The number of rotatable bonds is 7. The number of aromatic nitrogens is 1. The zero-order valence-electron chi connectivity index (χ0n) is 9.60. The molecule has 0 aliphatic rings. The summed E-state index contributed by atoms with van der Waals surface area (Å²) in [4.78, 5) is 2.43. The predicted molar refractivity (Wildman–Crippen MR) is 55.3 cm³/mol. The molecule has 0 aromatic carbocycles. The van der Waals surface area contributed by atoms with Gasteiger partial charge in [-0.25, -0.2) is 0 Å². The van der Waals surface area contributed by atoms with Crippen LogP contribution in [0, 0.1) is 23.5 Å². The Hall–Kier alpha value is -1.41. The summed E-state index contributed by atoms with van der Waals surface area (Å²) in [5.41, 5.74) is -0.893. The van der Waals surface area contributed by atoms with Crippen molar-refractivity contribution < 1.29 is 27.0 Å². The van der Waals surface area contributed by atoms with Crippen LogP contribution in [0.3, 0.4) is 0 Å². The van der Waals surface area contributed by atoms with E-state index in [1.165, 1.54) is 7.11 Å². The average molecular weight is 268 g/mol. The molecular weight excluding hydrogens is 256 g/mol. The first-order valence-electron chi connectivity index (χ1n) is 5.08. The third-order valence-electron chi connectivity index (χ3n) is 1.98. The molecule has 0 saturated carbocycles. The Morgan fingerprint density at radius 3 is 2.17 bits per heavy atom. The summed E-state index contributed by atoms with van der Waals surface area (Å²) in [5, 5.41) is 2.20. The van der Waals surface area contributed by atoms with Crippen LogP contribution in [0.2, 0.25) is 0 Å². The number of nitrogens with one attached hydrogen (secondary N) is 1. The zero-order chi connectivity index (χ0) is 13.5. The van der Waals surface area contributed by atoms with E-state index in [0.717, 1.165) is 0 Å². The van der Waals surface area contributed by atoms with Gasteiger partial charge in [0.05, 0.1) is 19.8 Å². The van der Waals surface area contributed by atoms with E-state index in [2.05, 4.69) is 10.3 Å². The van der Waals surface area contributed by atoms with Crippen molar-refractivity contribution in [2.24, 2.45) is 0 Å². The van der Waals surface area contributed by atoms with E-state index in [1.54, 1.807) is 0 Å². The third kappa shape index (κ3) is 3.81. The highest BCUT2D eigenvalue weighted by atomic mass is 19.2. The van der Waals surface area contributed by atoms with E-state index >= 15 is 0 Å². The van der Waals surface area contributed by atoms with E-state index < -0.39 is 29.2 Å². The van der Waals surface area contributed by atoms with Gasteiger partial charge in [0.2, 0.25) is 11.6 Å². The molecule has 0 fully saturated rings. The Balaban J connectivity index is 2.52. The van der Waals surface area contributed by atoms with Gasteiger partial charge >= 0.3 is 0 Å². The first-order valence-corrected chi connectivity index (χ1v) is 5.08. The first-order chi connectivity index (χ1) is 8.57. The van der Waals surface area contributed by atoms with Gasteiger partial charge in [-0.05, 0) is 0 Å². The van der Waals surface area contributed by atoms with Crippen LogP contribution < -0.4 is 5.32 Å². The lowest BCUT2D eigenvalue weighted by atomic mass is 10.3. The molecule has 0 spiro atoms. The first kappa shape index (κ1) is 14.7. The molecule has 8 heteroatoms. The van der Waals surface area contributed by atoms with Crippen LogP contribution in [-0.2, 0) is 9.47 Å². The molecule has 0 unspecified atom stereocenters. The molecule has 18 heavy (non-hydrogen) atoms. The van der Waals surface area contributed by atoms with E-state index in [1.807, 2.05) is 0 Å². The predicted octanol–water partition coefficient (Wildman–Crippen LogP) is 1.71. The smallest absolute Gasteiger partial charge is 0.253 e. The monoisotopic (exact) mass is 268 g/mol. The second kappa shape index (κ2) is 7.12. The van der Waals surface area contributed by atoms with E-state index in [0.29, 0.717) is 13.2 Å². The molecule has 1 aromatic rings. The number of pyridine rings is 1. The van der Waals surface area contributed by atoms with Gasteiger partial charge in [-0.1, -0.05) is 0 Å². The molecule has 0 aliphatic heterocycles. The number of hydrogen-bond acceptors (Lipinski definition) is 4. The molecule has 1 rings (SSSR count). The molecule has 1 aromatic heterocycles. The van der Waals surface area contributed by atoms with Gasteiger partial charge in [-0.3, -0.25) is 0 Å². The van der Waals surface area contributed by atoms with Crippen molar-refractivity contribution in [3.8, 4) is 0 Å². The topological polar surface area (TPSA) is 43.4 Å². The molecule has 0 atom stereocenters. The maximum absolute atomic E-state index is 13.1. The van der Waals surface area contributed by atoms with Crippen LogP contribution in [0.4, 0.5) is 23.2 Å². The quantitative estimate of drug-likeness (QED) is 0.464. The Morgan fingerprint density at radius 2 is 1.61 bits per heavy atom. The Bertz CT molecular complexity index is 378. The Kier molecular flexibility index (Phi) is 5.79. The van der Waals surface area contributed by atoms with E-state index in [4.69, 9.17) is 9.47 Å². The second-order valence-corrected chi connectivity index (χ2v) is 3.23. The van der Waals surface area contributed by atoms with Gasteiger partial charge in [0.1, 0.15) is 5.69 Å². The molecule has 0 saturated heterocycles. The lowest BCUT2D eigenvalue weighted by Gasteiger charge is -2.09. The number of halogens is 4. The molecule has 0 amide bonds. The van der Waals surface area contributed by atoms with Crippen molar-refractivity contribution in [3.05, 3.63) is 23.5 Å². The van der Waals surface area contributed by atoms with Crippen molar-refractivity contribution in [1.82, 2.24) is 4.98 Å². The number of ether oxygens (including phenoxy) is 2. The fraction of sp³-hybridized carbons (Fsp3) is 0.500. The van der Waals surface area contributed by atoms with Gasteiger partial charge in [-0.15, -0.1) is 0 Å². The molecule has 1 heterocycles. The molecular formula is C10H12F4N2O2. The Morgan fingerprint density at radius 1 is 1.00 bits per heavy atom. The SMILES string of the molecule is COCCOCCNc1c(F)c(F)nc(F)c1F. The minimum Gasteiger partial charge on any atom is -0.382 e. The minimum atomic E-state index is -1.70. The fourth-order valence-electron chi connectivity index (χ4n) is 1.13.